The Morgan fingerprint density at radius 2 is 2.35 bits per heavy atom. The van der Waals surface area contributed by atoms with E-state index in [9.17, 15) is 0 Å². The predicted molar refractivity (Wildman–Crippen MR) is 78.1 cm³/mol. The number of nitrogens with zero attached hydrogens (tertiary/aromatic N) is 1. The Bertz CT molecular complexity index is 384. The maximum Gasteiger partial charge on any atom is 0.0650 e. The molecule has 1 aromatic rings. The molecule has 1 atom stereocenters. The number of hydrogen-bond acceptors (Lipinski definition) is 2. The van der Waals surface area contributed by atoms with Gasteiger partial charge in [-0.2, -0.15) is 0 Å². The Kier molecular flexibility index (Phi) is 4.71. The lowest BCUT2D eigenvalue weighted by atomic mass is 10.2. The summed E-state index contributed by atoms with van der Waals surface area (Å²) in [5, 5.41) is 4.40. The fourth-order valence-electron chi connectivity index (χ4n) is 2.23. The highest BCUT2D eigenvalue weighted by Gasteiger charge is 2.23. The smallest absolute Gasteiger partial charge is 0.0650 e. The van der Waals surface area contributed by atoms with Crippen LogP contribution in [0.3, 0.4) is 0 Å². The first kappa shape index (κ1) is 13.2. The second-order valence-corrected chi connectivity index (χ2v) is 5.80. The van der Waals surface area contributed by atoms with Crippen molar-refractivity contribution in [2.75, 3.05) is 24.5 Å². The summed E-state index contributed by atoms with van der Waals surface area (Å²) in [5.74, 6) is 0. The van der Waals surface area contributed by atoms with Crippen LogP contribution in [0.5, 0.6) is 0 Å². The molecule has 1 saturated heterocycles. The molecule has 0 amide bonds. The molecule has 94 valence electrons. The fourth-order valence-corrected chi connectivity index (χ4v) is 3.02. The van der Waals surface area contributed by atoms with Crippen LogP contribution in [0, 0.1) is 0 Å². The Morgan fingerprint density at radius 1 is 1.53 bits per heavy atom. The van der Waals surface area contributed by atoms with Crippen molar-refractivity contribution in [2.45, 2.75) is 25.8 Å². The molecule has 0 saturated carbocycles. The first-order valence-electron chi connectivity index (χ1n) is 6.14. The zero-order valence-electron chi connectivity index (χ0n) is 10.0. The van der Waals surface area contributed by atoms with Gasteiger partial charge < -0.3 is 10.2 Å². The minimum Gasteiger partial charge on any atom is -0.369 e. The molecular weight excluding hydrogens is 300 g/mol. The molecule has 4 heteroatoms. The molecule has 2 nitrogen and oxygen atoms in total. The number of benzene rings is 1. The summed E-state index contributed by atoms with van der Waals surface area (Å²) in [5.41, 5.74) is 1.15. The molecule has 1 aliphatic rings. The summed E-state index contributed by atoms with van der Waals surface area (Å²) in [6, 6.07) is 6.71. The molecular formula is C13H18BrClN2. The summed E-state index contributed by atoms with van der Waals surface area (Å²) in [6.45, 7) is 5.45. The summed E-state index contributed by atoms with van der Waals surface area (Å²) in [4.78, 5) is 2.36. The molecule has 1 aromatic carbocycles. The summed E-state index contributed by atoms with van der Waals surface area (Å²) < 4.78 is 1.03. The van der Waals surface area contributed by atoms with Gasteiger partial charge in [0, 0.05) is 23.6 Å². The molecule has 17 heavy (non-hydrogen) atoms. The molecule has 1 N–H and O–H groups in total. The average molecular weight is 318 g/mol. The summed E-state index contributed by atoms with van der Waals surface area (Å²) in [6.07, 6.45) is 2.39. The zero-order valence-corrected chi connectivity index (χ0v) is 12.4. The molecule has 1 heterocycles. The largest absolute Gasteiger partial charge is 0.369 e. The Labute approximate surface area is 116 Å². The topological polar surface area (TPSA) is 15.3 Å². The van der Waals surface area contributed by atoms with Gasteiger partial charge in [0.05, 0.1) is 10.7 Å². The SMILES string of the molecule is CCCNC1CCN(c2ccc(Br)cc2Cl)C1. The van der Waals surface area contributed by atoms with Gasteiger partial charge in [-0.15, -0.1) is 0 Å². The van der Waals surface area contributed by atoms with E-state index in [1.807, 2.05) is 12.1 Å². The predicted octanol–water partition coefficient (Wildman–Crippen LogP) is 3.68. The number of halogens is 2. The van der Waals surface area contributed by atoms with Crippen LogP contribution in [0.4, 0.5) is 5.69 Å². The van der Waals surface area contributed by atoms with E-state index in [1.54, 1.807) is 0 Å². The van der Waals surface area contributed by atoms with E-state index in [4.69, 9.17) is 11.6 Å². The second kappa shape index (κ2) is 6.07. The van der Waals surface area contributed by atoms with Gasteiger partial charge in [-0.25, -0.2) is 0 Å². The number of anilines is 1. The van der Waals surface area contributed by atoms with Gasteiger partial charge in [0.25, 0.3) is 0 Å². The maximum atomic E-state index is 6.27. The van der Waals surface area contributed by atoms with Crippen LogP contribution in [-0.2, 0) is 0 Å². The molecule has 1 unspecified atom stereocenters. The van der Waals surface area contributed by atoms with Crippen molar-refractivity contribution in [3.05, 3.63) is 27.7 Å². The third-order valence-electron chi connectivity index (χ3n) is 3.12. The molecule has 0 radical (unpaired) electrons. The second-order valence-electron chi connectivity index (χ2n) is 4.48. The molecule has 0 aromatic heterocycles. The minimum atomic E-state index is 0.606. The number of hydrogen-bond donors (Lipinski definition) is 1. The van der Waals surface area contributed by atoms with Crippen LogP contribution >= 0.6 is 27.5 Å². The third-order valence-corrected chi connectivity index (χ3v) is 3.92. The molecule has 0 spiro atoms. The average Bonchev–Trinajstić information content (AvgIpc) is 2.75. The summed E-state index contributed by atoms with van der Waals surface area (Å²) in [7, 11) is 0. The molecule has 1 fully saturated rings. The summed E-state index contributed by atoms with van der Waals surface area (Å²) >= 11 is 9.71. The standard InChI is InChI=1S/C13H18BrClN2/c1-2-6-16-11-5-7-17(9-11)13-4-3-10(14)8-12(13)15/h3-4,8,11,16H,2,5-7,9H2,1H3. The van der Waals surface area contributed by atoms with E-state index in [-0.39, 0.29) is 0 Å². The van der Waals surface area contributed by atoms with Crippen molar-refractivity contribution < 1.29 is 0 Å². The lowest BCUT2D eigenvalue weighted by Crippen LogP contribution is -2.33. The minimum absolute atomic E-state index is 0.606. The highest BCUT2D eigenvalue weighted by atomic mass is 79.9. The number of nitrogens with one attached hydrogen (secondary N) is 1. The van der Waals surface area contributed by atoms with Crippen LogP contribution in [0.15, 0.2) is 22.7 Å². The molecule has 0 bridgehead atoms. The first-order chi connectivity index (χ1) is 8.20. The fraction of sp³-hybridized carbons (Fsp3) is 0.538. The highest BCUT2D eigenvalue weighted by molar-refractivity contribution is 9.10. The van der Waals surface area contributed by atoms with Crippen molar-refractivity contribution in [3.63, 3.8) is 0 Å². The Balaban J connectivity index is 2.00. The van der Waals surface area contributed by atoms with Crippen LogP contribution in [0.2, 0.25) is 5.02 Å². The molecule has 0 aliphatic carbocycles. The van der Waals surface area contributed by atoms with Crippen molar-refractivity contribution >= 4 is 33.2 Å². The lowest BCUT2D eigenvalue weighted by molar-refractivity contribution is 0.549. The molecule has 1 aliphatic heterocycles. The Hall–Kier alpha value is -0.250. The Morgan fingerprint density at radius 3 is 3.06 bits per heavy atom. The van der Waals surface area contributed by atoms with Crippen molar-refractivity contribution in [3.8, 4) is 0 Å². The number of rotatable bonds is 4. The van der Waals surface area contributed by atoms with Gasteiger partial charge in [-0.1, -0.05) is 34.5 Å². The first-order valence-corrected chi connectivity index (χ1v) is 7.31. The third kappa shape index (κ3) is 3.36. The van der Waals surface area contributed by atoms with Crippen LogP contribution in [0.25, 0.3) is 0 Å². The van der Waals surface area contributed by atoms with Crippen molar-refractivity contribution in [1.29, 1.82) is 0 Å². The van der Waals surface area contributed by atoms with Crippen LogP contribution in [0.1, 0.15) is 19.8 Å². The lowest BCUT2D eigenvalue weighted by Gasteiger charge is -2.20. The van der Waals surface area contributed by atoms with E-state index in [1.165, 1.54) is 12.8 Å². The van der Waals surface area contributed by atoms with Gasteiger partial charge in [0.1, 0.15) is 0 Å². The van der Waals surface area contributed by atoms with Crippen LogP contribution < -0.4 is 10.2 Å². The van der Waals surface area contributed by atoms with Crippen molar-refractivity contribution in [2.24, 2.45) is 0 Å². The normalized spacial score (nSPS) is 19.9. The highest BCUT2D eigenvalue weighted by Crippen LogP contribution is 2.31. The van der Waals surface area contributed by atoms with Gasteiger partial charge in [0.15, 0.2) is 0 Å². The van der Waals surface area contributed by atoms with E-state index in [0.717, 1.165) is 34.8 Å². The van der Waals surface area contributed by atoms with Crippen LogP contribution in [-0.4, -0.2) is 25.7 Å². The van der Waals surface area contributed by atoms with Gasteiger partial charge >= 0.3 is 0 Å². The van der Waals surface area contributed by atoms with Gasteiger partial charge in [-0.05, 0) is 37.6 Å². The van der Waals surface area contributed by atoms with Crippen molar-refractivity contribution in [1.82, 2.24) is 5.32 Å². The zero-order chi connectivity index (χ0) is 12.3. The maximum absolute atomic E-state index is 6.27. The van der Waals surface area contributed by atoms with Gasteiger partial charge in [-0.3, -0.25) is 0 Å². The molecule has 2 rings (SSSR count). The van der Waals surface area contributed by atoms with E-state index in [0.29, 0.717) is 6.04 Å². The van der Waals surface area contributed by atoms with E-state index >= 15 is 0 Å². The van der Waals surface area contributed by atoms with E-state index < -0.39 is 0 Å². The van der Waals surface area contributed by atoms with E-state index in [2.05, 4.69) is 39.1 Å². The monoisotopic (exact) mass is 316 g/mol. The van der Waals surface area contributed by atoms with Gasteiger partial charge in [0.2, 0.25) is 0 Å². The quantitative estimate of drug-likeness (QED) is 0.911.